The van der Waals surface area contributed by atoms with E-state index in [9.17, 15) is 9.59 Å². The van der Waals surface area contributed by atoms with Gasteiger partial charge in [-0.05, 0) is 12.8 Å². The van der Waals surface area contributed by atoms with E-state index in [1.165, 1.54) is 4.90 Å². The third-order valence-electron chi connectivity index (χ3n) is 2.20. The first-order chi connectivity index (χ1) is 6.65. The van der Waals surface area contributed by atoms with Crippen molar-refractivity contribution in [2.45, 2.75) is 19.3 Å². The Bertz CT molecular complexity index is 225. The lowest BCUT2D eigenvalue weighted by molar-refractivity contribution is -0.139. The average Bonchev–Trinajstić information content (AvgIpc) is 2.93. The Labute approximate surface area is 82.3 Å². The second-order valence-electron chi connectivity index (χ2n) is 3.47. The molecule has 14 heavy (non-hydrogen) atoms. The minimum absolute atomic E-state index is 0.0136. The van der Waals surface area contributed by atoms with Crippen LogP contribution in [0.5, 0.6) is 0 Å². The van der Waals surface area contributed by atoms with Crippen molar-refractivity contribution in [2.24, 2.45) is 5.92 Å². The van der Waals surface area contributed by atoms with Crippen molar-refractivity contribution in [3.05, 3.63) is 0 Å². The van der Waals surface area contributed by atoms with E-state index < -0.39 is 5.97 Å². The van der Waals surface area contributed by atoms with E-state index in [0.29, 0.717) is 0 Å². The zero-order valence-electron chi connectivity index (χ0n) is 7.98. The summed E-state index contributed by atoms with van der Waals surface area (Å²) in [6.45, 7) is 0.325. The molecule has 80 valence electrons. The molecule has 0 radical (unpaired) electrons. The SMILES string of the molecule is O=C(O)CCN(CCO)C(=O)C1CC1. The summed E-state index contributed by atoms with van der Waals surface area (Å²) < 4.78 is 0. The number of aliphatic hydroxyl groups excluding tert-OH is 1. The Morgan fingerprint density at radius 1 is 1.29 bits per heavy atom. The van der Waals surface area contributed by atoms with Gasteiger partial charge in [0.1, 0.15) is 0 Å². The molecule has 1 amide bonds. The maximum Gasteiger partial charge on any atom is 0.305 e. The first kappa shape index (κ1) is 11.0. The van der Waals surface area contributed by atoms with Crippen LogP contribution in [0, 0.1) is 5.92 Å². The highest BCUT2D eigenvalue weighted by atomic mass is 16.4. The van der Waals surface area contributed by atoms with Crippen LogP contribution < -0.4 is 0 Å². The molecule has 0 unspecified atom stereocenters. The highest BCUT2D eigenvalue weighted by Gasteiger charge is 2.33. The molecule has 0 aromatic rings. The summed E-state index contributed by atoms with van der Waals surface area (Å²) in [5.41, 5.74) is 0. The number of carbonyl (C=O) groups excluding carboxylic acids is 1. The van der Waals surface area contributed by atoms with Gasteiger partial charge in [-0.3, -0.25) is 9.59 Å². The van der Waals surface area contributed by atoms with Crippen molar-refractivity contribution in [1.29, 1.82) is 0 Å². The van der Waals surface area contributed by atoms with Crippen molar-refractivity contribution >= 4 is 11.9 Å². The molecule has 1 aliphatic carbocycles. The molecule has 2 N–H and O–H groups in total. The number of carboxylic acid groups (broad SMARTS) is 1. The van der Waals surface area contributed by atoms with E-state index in [4.69, 9.17) is 10.2 Å². The number of amides is 1. The molecule has 5 heteroatoms. The maximum absolute atomic E-state index is 11.5. The van der Waals surface area contributed by atoms with Gasteiger partial charge in [0.15, 0.2) is 0 Å². The molecule has 1 fully saturated rings. The van der Waals surface area contributed by atoms with E-state index in [2.05, 4.69) is 0 Å². The Kier molecular flexibility index (Phi) is 3.88. The van der Waals surface area contributed by atoms with Gasteiger partial charge >= 0.3 is 5.97 Å². The third-order valence-corrected chi connectivity index (χ3v) is 2.20. The summed E-state index contributed by atoms with van der Waals surface area (Å²) in [6.07, 6.45) is 1.74. The van der Waals surface area contributed by atoms with Crippen LogP contribution in [0.1, 0.15) is 19.3 Å². The molecule has 0 spiro atoms. The average molecular weight is 201 g/mol. The van der Waals surface area contributed by atoms with Crippen LogP contribution in [0.3, 0.4) is 0 Å². The van der Waals surface area contributed by atoms with Crippen LogP contribution in [-0.2, 0) is 9.59 Å². The van der Waals surface area contributed by atoms with Crippen LogP contribution in [0.25, 0.3) is 0 Å². The number of carboxylic acids is 1. The number of rotatable bonds is 6. The minimum Gasteiger partial charge on any atom is -0.481 e. The van der Waals surface area contributed by atoms with Gasteiger partial charge in [0.25, 0.3) is 0 Å². The fourth-order valence-electron chi connectivity index (χ4n) is 1.27. The Morgan fingerprint density at radius 3 is 2.36 bits per heavy atom. The summed E-state index contributed by atoms with van der Waals surface area (Å²) in [5.74, 6) is -0.854. The summed E-state index contributed by atoms with van der Waals surface area (Å²) in [7, 11) is 0. The van der Waals surface area contributed by atoms with Gasteiger partial charge in [-0.25, -0.2) is 0 Å². The second kappa shape index (κ2) is 4.95. The zero-order chi connectivity index (χ0) is 10.6. The zero-order valence-corrected chi connectivity index (χ0v) is 7.98. The molecule has 0 heterocycles. The molecular weight excluding hydrogens is 186 g/mol. The van der Waals surface area contributed by atoms with Crippen molar-refractivity contribution in [2.75, 3.05) is 19.7 Å². The van der Waals surface area contributed by atoms with Gasteiger partial charge < -0.3 is 15.1 Å². The molecule has 0 bridgehead atoms. The van der Waals surface area contributed by atoms with E-state index in [1.54, 1.807) is 0 Å². The number of aliphatic carboxylic acids is 1. The lowest BCUT2D eigenvalue weighted by Crippen LogP contribution is -2.36. The highest BCUT2D eigenvalue weighted by molar-refractivity contribution is 5.81. The van der Waals surface area contributed by atoms with Gasteiger partial charge in [0.2, 0.25) is 5.91 Å². The largest absolute Gasteiger partial charge is 0.481 e. The van der Waals surface area contributed by atoms with Crippen LogP contribution in [-0.4, -0.2) is 46.7 Å². The van der Waals surface area contributed by atoms with E-state index >= 15 is 0 Å². The fourth-order valence-corrected chi connectivity index (χ4v) is 1.27. The summed E-state index contributed by atoms with van der Waals surface area (Å²) in [5, 5.41) is 17.2. The molecule has 1 saturated carbocycles. The molecule has 0 aromatic carbocycles. The predicted molar refractivity (Wildman–Crippen MR) is 48.6 cm³/mol. The minimum atomic E-state index is -0.920. The van der Waals surface area contributed by atoms with Gasteiger partial charge in [0.05, 0.1) is 13.0 Å². The highest BCUT2D eigenvalue weighted by Crippen LogP contribution is 2.30. The van der Waals surface area contributed by atoms with E-state index in [0.717, 1.165) is 12.8 Å². The molecule has 0 saturated heterocycles. The fraction of sp³-hybridized carbons (Fsp3) is 0.778. The van der Waals surface area contributed by atoms with Crippen LogP contribution >= 0.6 is 0 Å². The van der Waals surface area contributed by atoms with Crippen LogP contribution in [0.2, 0.25) is 0 Å². The molecule has 0 aromatic heterocycles. The topological polar surface area (TPSA) is 77.8 Å². The van der Waals surface area contributed by atoms with Crippen molar-refractivity contribution in [3.8, 4) is 0 Å². The van der Waals surface area contributed by atoms with Crippen molar-refractivity contribution in [3.63, 3.8) is 0 Å². The maximum atomic E-state index is 11.5. The summed E-state index contributed by atoms with van der Waals surface area (Å²) in [6, 6.07) is 0. The number of hydrogen-bond donors (Lipinski definition) is 2. The Morgan fingerprint density at radius 2 is 1.93 bits per heavy atom. The van der Waals surface area contributed by atoms with Gasteiger partial charge in [-0.15, -0.1) is 0 Å². The van der Waals surface area contributed by atoms with E-state index in [-0.39, 0.29) is 37.9 Å². The monoisotopic (exact) mass is 201 g/mol. The van der Waals surface area contributed by atoms with Crippen molar-refractivity contribution in [1.82, 2.24) is 4.90 Å². The van der Waals surface area contributed by atoms with Crippen molar-refractivity contribution < 1.29 is 19.8 Å². The quantitative estimate of drug-likeness (QED) is 0.618. The van der Waals surface area contributed by atoms with E-state index in [1.807, 2.05) is 0 Å². The number of hydrogen-bond acceptors (Lipinski definition) is 3. The predicted octanol–water partition coefficient (Wildman–Crippen LogP) is -0.308. The lowest BCUT2D eigenvalue weighted by atomic mass is 10.3. The third kappa shape index (κ3) is 3.33. The second-order valence-corrected chi connectivity index (χ2v) is 3.47. The van der Waals surface area contributed by atoms with Gasteiger partial charge in [-0.2, -0.15) is 0 Å². The van der Waals surface area contributed by atoms with Gasteiger partial charge in [0, 0.05) is 19.0 Å². The summed E-state index contributed by atoms with van der Waals surface area (Å²) in [4.78, 5) is 23.3. The molecule has 0 aliphatic heterocycles. The number of aliphatic hydroxyl groups is 1. The van der Waals surface area contributed by atoms with Crippen LogP contribution in [0.4, 0.5) is 0 Å². The first-order valence-corrected chi connectivity index (χ1v) is 4.76. The molecular formula is C9H15NO4. The molecule has 1 aliphatic rings. The lowest BCUT2D eigenvalue weighted by Gasteiger charge is -2.20. The number of carbonyl (C=O) groups is 2. The smallest absolute Gasteiger partial charge is 0.305 e. The van der Waals surface area contributed by atoms with Crippen LogP contribution in [0.15, 0.2) is 0 Å². The number of nitrogens with zero attached hydrogens (tertiary/aromatic N) is 1. The Balaban J connectivity index is 2.36. The Hall–Kier alpha value is -1.10. The summed E-state index contributed by atoms with van der Waals surface area (Å²) >= 11 is 0. The molecule has 0 atom stereocenters. The molecule has 1 rings (SSSR count). The first-order valence-electron chi connectivity index (χ1n) is 4.76. The van der Waals surface area contributed by atoms with Gasteiger partial charge in [-0.1, -0.05) is 0 Å². The standard InChI is InChI=1S/C9H15NO4/c11-6-5-10(4-3-8(12)13)9(14)7-1-2-7/h7,11H,1-6H2,(H,12,13). The normalized spacial score (nSPS) is 15.2. The molecule has 5 nitrogen and oxygen atoms in total.